The fourth-order valence-corrected chi connectivity index (χ4v) is 3.27. The third-order valence-corrected chi connectivity index (χ3v) is 4.52. The summed E-state index contributed by atoms with van der Waals surface area (Å²) < 4.78 is 5.99. The molecule has 0 spiro atoms. The van der Waals surface area contributed by atoms with Crippen molar-refractivity contribution in [1.29, 1.82) is 0 Å². The van der Waals surface area contributed by atoms with Crippen LogP contribution < -0.4 is 0 Å². The molecule has 0 aromatic heterocycles. The van der Waals surface area contributed by atoms with Crippen LogP contribution in [0.5, 0.6) is 0 Å². The number of quaternary nitrogens is 1. The summed E-state index contributed by atoms with van der Waals surface area (Å²) in [6.45, 7) is 10.2. The zero-order chi connectivity index (χ0) is 14.6. The molecule has 1 aromatic rings. The molecule has 0 radical (unpaired) electrons. The minimum absolute atomic E-state index is 0.0526. The number of rotatable bonds is 6. The SMILES string of the molecule is C=CC[N@@+]1([C@@H](C)c2ccccc2)CC[C@H]1C(=O)OCC. The Hall–Kier alpha value is -1.61. The van der Waals surface area contributed by atoms with Gasteiger partial charge in [-0.15, -0.1) is 0 Å². The second-order valence-electron chi connectivity index (χ2n) is 5.44. The average molecular weight is 274 g/mol. The molecule has 108 valence electrons. The van der Waals surface area contributed by atoms with Crippen LogP contribution in [0.1, 0.15) is 31.9 Å². The Morgan fingerprint density at radius 1 is 1.50 bits per heavy atom. The van der Waals surface area contributed by atoms with E-state index in [9.17, 15) is 4.79 Å². The van der Waals surface area contributed by atoms with Gasteiger partial charge in [0.05, 0.1) is 26.1 Å². The van der Waals surface area contributed by atoms with E-state index in [2.05, 4.69) is 37.8 Å². The van der Waals surface area contributed by atoms with Crippen molar-refractivity contribution in [1.82, 2.24) is 0 Å². The summed E-state index contributed by atoms with van der Waals surface area (Å²) in [6.07, 6.45) is 2.83. The molecule has 0 aliphatic carbocycles. The predicted octanol–water partition coefficient (Wildman–Crippen LogP) is 3.09. The van der Waals surface area contributed by atoms with Gasteiger partial charge in [-0.3, -0.25) is 0 Å². The van der Waals surface area contributed by atoms with Crippen molar-refractivity contribution < 1.29 is 14.0 Å². The van der Waals surface area contributed by atoms with Crippen LogP contribution in [-0.2, 0) is 9.53 Å². The molecule has 0 N–H and O–H groups in total. The van der Waals surface area contributed by atoms with E-state index in [1.807, 2.05) is 19.1 Å². The first kappa shape index (κ1) is 14.8. The molecule has 1 saturated heterocycles. The maximum Gasteiger partial charge on any atom is 0.365 e. The standard InChI is InChI=1S/C17H24NO2/c1-4-12-18(13-11-16(18)17(19)20-5-2)14(3)15-9-7-6-8-10-15/h4,6-10,14,16H,1,5,11-13H2,2-3H3/q+1/t14-,16-,18-/m0/s1. The van der Waals surface area contributed by atoms with Crippen LogP contribution in [-0.4, -0.2) is 36.2 Å². The number of carbonyl (C=O) groups excluding carboxylic acids is 1. The van der Waals surface area contributed by atoms with Crippen molar-refractivity contribution in [3.05, 3.63) is 48.6 Å². The Morgan fingerprint density at radius 2 is 2.20 bits per heavy atom. The fourth-order valence-electron chi connectivity index (χ4n) is 3.27. The summed E-state index contributed by atoms with van der Waals surface area (Å²) in [5.74, 6) is -0.0663. The van der Waals surface area contributed by atoms with E-state index in [1.165, 1.54) is 5.56 Å². The minimum atomic E-state index is -0.0663. The Bertz CT molecular complexity index is 471. The topological polar surface area (TPSA) is 26.3 Å². The zero-order valence-corrected chi connectivity index (χ0v) is 12.4. The van der Waals surface area contributed by atoms with Crippen LogP contribution in [0.25, 0.3) is 0 Å². The van der Waals surface area contributed by atoms with Crippen molar-refractivity contribution in [2.45, 2.75) is 32.4 Å². The molecule has 3 nitrogen and oxygen atoms in total. The van der Waals surface area contributed by atoms with Gasteiger partial charge in [0, 0.05) is 5.56 Å². The third kappa shape index (κ3) is 2.50. The molecule has 0 saturated carbocycles. The van der Waals surface area contributed by atoms with Gasteiger partial charge >= 0.3 is 5.97 Å². The Labute approximate surface area is 121 Å². The number of benzene rings is 1. The number of ether oxygens (including phenoxy) is 1. The highest BCUT2D eigenvalue weighted by Crippen LogP contribution is 2.40. The third-order valence-electron chi connectivity index (χ3n) is 4.52. The van der Waals surface area contributed by atoms with Crippen LogP contribution in [0.15, 0.2) is 43.0 Å². The molecular weight excluding hydrogens is 250 g/mol. The van der Waals surface area contributed by atoms with Crippen molar-refractivity contribution in [3.63, 3.8) is 0 Å². The number of esters is 1. The van der Waals surface area contributed by atoms with Gasteiger partial charge in [-0.05, 0) is 19.9 Å². The number of nitrogens with zero attached hydrogens (tertiary/aromatic N) is 1. The van der Waals surface area contributed by atoms with E-state index in [0.717, 1.165) is 24.0 Å². The summed E-state index contributed by atoms with van der Waals surface area (Å²) in [4.78, 5) is 12.2. The highest BCUT2D eigenvalue weighted by Gasteiger charge is 2.54. The Kier molecular flexibility index (Phi) is 4.61. The van der Waals surface area contributed by atoms with E-state index in [-0.39, 0.29) is 18.1 Å². The number of likely N-dealkylation sites (tertiary alicyclic amines) is 1. The molecule has 0 amide bonds. The molecule has 3 atom stereocenters. The van der Waals surface area contributed by atoms with Gasteiger partial charge in [-0.1, -0.05) is 36.9 Å². The summed E-state index contributed by atoms with van der Waals surface area (Å²) in [6, 6.07) is 10.6. The molecule has 1 aromatic carbocycles. The predicted molar refractivity (Wildman–Crippen MR) is 80.1 cm³/mol. The lowest BCUT2D eigenvalue weighted by atomic mass is 9.90. The maximum absolute atomic E-state index is 12.2. The molecule has 2 rings (SSSR count). The first-order valence-electron chi connectivity index (χ1n) is 7.34. The monoisotopic (exact) mass is 274 g/mol. The van der Waals surface area contributed by atoms with Gasteiger partial charge in [0.2, 0.25) is 0 Å². The normalized spacial score (nSPS) is 26.4. The van der Waals surface area contributed by atoms with Crippen LogP contribution in [0.4, 0.5) is 0 Å². The van der Waals surface area contributed by atoms with Crippen LogP contribution >= 0.6 is 0 Å². The molecule has 0 bridgehead atoms. The van der Waals surface area contributed by atoms with Gasteiger partial charge in [0.15, 0.2) is 6.04 Å². The molecule has 1 aliphatic heterocycles. The van der Waals surface area contributed by atoms with E-state index < -0.39 is 0 Å². The minimum Gasteiger partial charge on any atom is -0.462 e. The maximum atomic E-state index is 12.2. The van der Waals surface area contributed by atoms with Gasteiger partial charge in [-0.2, -0.15) is 0 Å². The summed E-state index contributed by atoms with van der Waals surface area (Å²) in [5, 5.41) is 0. The van der Waals surface area contributed by atoms with Gasteiger partial charge in [0.25, 0.3) is 0 Å². The van der Waals surface area contributed by atoms with Crippen molar-refractivity contribution in [3.8, 4) is 0 Å². The summed E-state index contributed by atoms with van der Waals surface area (Å²) >= 11 is 0. The highest BCUT2D eigenvalue weighted by atomic mass is 16.5. The molecule has 20 heavy (non-hydrogen) atoms. The quantitative estimate of drug-likeness (QED) is 0.453. The Balaban J connectivity index is 2.26. The molecule has 1 aliphatic rings. The smallest absolute Gasteiger partial charge is 0.365 e. The number of hydrogen-bond acceptors (Lipinski definition) is 2. The molecule has 1 heterocycles. The van der Waals surface area contributed by atoms with E-state index in [4.69, 9.17) is 4.74 Å². The van der Waals surface area contributed by atoms with E-state index in [0.29, 0.717) is 6.61 Å². The van der Waals surface area contributed by atoms with Gasteiger partial charge in [0.1, 0.15) is 6.04 Å². The van der Waals surface area contributed by atoms with Crippen molar-refractivity contribution in [2.24, 2.45) is 0 Å². The first-order valence-corrected chi connectivity index (χ1v) is 7.34. The van der Waals surface area contributed by atoms with Gasteiger partial charge < -0.3 is 9.22 Å². The van der Waals surface area contributed by atoms with Crippen molar-refractivity contribution >= 4 is 5.97 Å². The Morgan fingerprint density at radius 3 is 2.70 bits per heavy atom. The molecule has 3 heteroatoms. The second-order valence-corrected chi connectivity index (χ2v) is 5.44. The molecule has 1 fully saturated rings. The first-order chi connectivity index (χ1) is 9.65. The summed E-state index contributed by atoms with van der Waals surface area (Å²) in [5.41, 5.74) is 1.27. The highest BCUT2D eigenvalue weighted by molar-refractivity contribution is 5.75. The lowest BCUT2D eigenvalue weighted by Crippen LogP contribution is -2.69. The largest absolute Gasteiger partial charge is 0.462 e. The fraction of sp³-hybridized carbons (Fsp3) is 0.471. The van der Waals surface area contributed by atoms with E-state index in [1.54, 1.807) is 0 Å². The summed E-state index contributed by atoms with van der Waals surface area (Å²) in [7, 11) is 0. The average Bonchev–Trinajstić information content (AvgIpc) is 2.44. The van der Waals surface area contributed by atoms with Crippen LogP contribution in [0.3, 0.4) is 0 Å². The lowest BCUT2D eigenvalue weighted by Gasteiger charge is -2.54. The number of hydrogen-bond donors (Lipinski definition) is 0. The van der Waals surface area contributed by atoms with Crippen LogP contribution in [0.2, 0.25) is 0 Å². The second kappa shape index (κ2) is 6.23. The lowest BCUT2D eigenvalue weighted by molar-refractivity contribution is -1.00. The molecular formula is C17H24NO2+. The zero-order valence-electron chi connectivity index (χ0n) is 12.4. The number of carbonyl (C=O) groups is 1. The van der Waals surface area contributed by atoms with Gasteiger partial charge in [-0.25, -0.2) is 4.79 Å². The van der Waals surface area contributed by atoms with Crippen molar-refractivity contribution in [2.75, 3.05) is 19.7 Å². The molecule has 0 unspecified atom stereocenters. The van der Waals surface area contributed by atoms with Crippen LogP contribution in [0, 0.1) is 0 Å². The van der Waals surface area contributed by atoms with E-state index >= 15 is 0 Å².